The summed E-state index contributed by atoms with van der Waals surface area (Å²) in [6.45, 7) is 3.06. The van der Waals surface area contributed by atoms with E-state index in [0.717, 1.165) is 6.42 Å². The van der Waals surface area contributed by atoms with E-state index in [1.54, 1.807) is 12.3 Å². The van der Waals surface area contributed by atoms with Crippen LogP contribution in [-0.2, 0) is 6.42 Å². The maximum absolute atomic E-state index is 14.1. The van der Waals surface area contributed by atoms with Crippen LogP contribution in [-0.4, -0.2) is 34.1 Å². The minimum Gasteiger partial charge on any atom is -0.363 e. The van der Waals surface area contributed by atoms with Crippen molar-refractivity contribution < 1.29 is 8.78 Å². The maximum Gasteiger partial charge on any atom is 0.186 e. The topological polar surface area (TPSA) is 53.9 Å². The SMILES string of the molecule is CCc1ncnc(NC2CCN(c3ncccc3F)C2)c1F. The normalized spacial score (nSPS) is 17.8. The number of hydrogen-bond donors (Lipinski definition) is 1. The Morgan fingerprint density at radius 1 is 1.32 bits per heavy atom. The number of aryl methyl sites for hydroxylation is 1. The fraction of sp³-hybridized carbons (Fsp3) is 0.400. The lowest BCUT2D eigenvalue weighted by atomic mass is 10.2. The fourth-order valence-electron chi connectivity index (χ4n) is 2.63. The van der Waals surface area contributed by atoms with Gasteiger partial charge >= 0.3 is 0 Å². The van der Waals surface area contributed by atoms with Crippen molar-refractivity contribution in [3.63, 3.8) is 0 Å². The monoisotopic (exact) mass is 305 g/mol. The van der Waals surface area contributed by atoms with Crippen LogP contribution in [0.1, 0.15) is 19.0 Å². The summed E-state index contributed by atoms with van der Waals surface area (Å²) in [7, 11) is 0. The molecule has 3 rings (SSSR count). The Morgan fingerprint density at radius 3 is 2.95 bits per heavy atom. The molecule has 3 heterocycles. The Balaban J connectivity index is 1.70. The van der Waals surface area contributed by atoms with Crippen molar-refractivity contribution in [1.29, 1.82) is 0 Å². The summed E-state index contributed by atoms with van der Waals surface area (Å²) < 4.78 is 27.9. The molecular formula is C15H17F2N5. The van der Waals surface area contributed by atoms with Gasteiger partial charge in [0.1, 0.15) is 6.33 Å². The van der Waals surface area contributed by atoms with Gasteiger partial charge in [-0.05, 0) is 25.0 Å². The highest BCUT2D eigenvalue weighted by molar-refractivity contribution is 5.44. The molecule has 1 saturated heterocycles. The molecule has 0 radical (unpaired) electrons. The van der Waals surface area contributed by atoms with Crippen molar-refractivity contribution in [3.05, 3.63) is 42.0 Å². The smallest absolute Gasteiger partial charge is 0.186 e. The van der Waals surface area contributed by atoms with E-state index in [9.17, 15) is 8.78 Å². The number of aromatic nitrogens is 3. The summed E-state index contributed by atoms with van der Waals surface area (Å²) in [6, 6.07) is 2.95. The van der Waals surface area contributed by atoms with Crippen LogP contribution in [0.2, 0.25) is 0 Å². The molecule has 0 aromatic carbocycles. The molecule has 2 aromatic rings. The summed E-state index contributed by atoms with van der Waals surface area (Å²) in [5, 5.41) is 3.09. The van der Waals surface area contributed by atoms with Crippen LogP contribution >= 0.6 is 0 Å². The van der Waals surface area contributed by atoms with Crippen molar-refractivity contribution in [2.75, 3.05) is 23.3 Å². The van der Waals surface area contributed by atoms with Crippen LogP contribution in [0.3, 0.4) is 0 Å². The van der Waals surface area contributed by atoms with E-state index in [1.165, 1.54) is 12.4 Å². The molecule has 2 aromatic heterocycles. The lowest BCUT2D eigenvalue weighted by Gasteiger charge is -2.18. The van der Waals surface area contributed by atoms with Gasteiger partial charge < -0.3 is 10.2 Å². The molecule has 116 valence electrons. The van der Waals surface area contributed by atoms with Crippen molar-refractivity contribution in [3.8, 4) is 0 Å². The third kappa shape index (κ3) is 2.84. The minimum atomic E-state index is -0.410. The second-order valence-corrected chi connectivity index (χ2v) is 5.22. The highest BCUT2D eigenvalue weighted by Gasteiger charge is 2.26. The molecule has 0 bridgehead atoms. The predicted octanol–water partition coefficient (Wildman–Crippen LogP) is 2.40. The number of nitrogens with zero attached hydrogens (tertiary/aromatic N) is 4. The minimum absolute atomic E-state index is 0.00416. The molecule has 0 amide bonds. The van der Waals surface area contributed by atoms with Gasteiger partial charge in [0.25, 0.3) is 0 Å². The molecule has 1 aliphatic heterocycles. The summed E-state index contributed by atoms with van der Waals surface area (Å²) in [4.78, 5) is 13.8. The van der Waals surface area contributed by atoms with E-state index in [2.05, 4.69) is 20.3 Å². The summed E-state index contributed by atoms with van der Waals surface area (Å²) >= 11 is 0. The second-order valence-electron chi connectivity index (χ2n) is 5.22. The van der Waals surface area contributed by atoms with E-state index in [4.69, 9.17) is 0 Å². The van der Waals surface area contributed by atoms with Gasteiger partial charge in [0.2, 0.25) is 0 Å². The van der Waals surface area contributed by atoms with Crippen LogP contribution in [0.5, 0.6) is 0 Å². The Bertz CT molecular complexity index is 664. The van der Waals surface area contributed by atoms with Crippen molar-refractivity contribution >= 4 is 11.6 Å². The van der Waals surface area contributed by atoms with Gasteiger partial charge in [0.05, 0.1) is 5.69 Å². The number of pyridine rings is 1. The van der Waals surface area contributed by atoms with Gasteiger partial charge in [0, 0.05) is 25.3 Å². The van der Waals surface area contributed by atoms with Gasteiger partial charge in [-0.15, -0.1) is 0 Å². The standard InChI is InChI=1S/C15H17F2N5/c1-2-12-13(17)14(20-9-19-12)21-10-5-7-22(8-10)15-11(16)4-3-6-18-15/h3-4,6,9-10H,2,5,7-8H2,1H3,(H,19,20,21). The summed E-state index contributed by atoms with van der Waals surface area (Å²) in [6.07, 6.45) is 4.20. The number of rotatable bonds is 4. The Labute approximate surface area is 127 Å². The first-order valence-corrected chi connectivity index (χ1v) is 7.30. The van der Waals surface area contributed by atoms with E-state index >= 15 is 0 Å². The molecular weight excluding hydrogens is 288 g/mol. The molecule has 0 aliphatic carbocycles. The predicted molar refractivity (Wildman–Crippen MR) is 79.8 cm³/mol. The zero-order valence-electron chi connectivity index (χ0n) is 12.3. The molecule has 1 aliphatic rings. The van der Waals surface area contributed by atoms with Crippen molar-refractivity contribution in [2.45, 2.75) is 25.8 Å². The van der Waals surface area contributed by atoms with E-state index in [1.807, 2.05) is 11.8 Å². The van der Waals surface area contributed by atoms with Gasteiger partial charge in [-0.3, -0.25) is 0 Å². The Kier molecular flexibility index (Phi) is 4.13. The van der Waals surface area contributed by atoms with Crippen LogP contribution in [0, 0.1) is 11.6 Å². The molecule has 7 heteroatoms. The molecule has 1 atom stereocenters. The van der Waals surface area contributed by atoms with E-state index in [0.29, 0.717) is 31.0 Å². The molecule has 0 saturated carbocycles. The first kappa shape index (κ1) is 14.6. The van der Waals surface area contributed by atoms with Crippen molar-refractivity contribution in [1.82, 2.24) is 15.0 Å². The molecule has 1 unspecified atom stereocenters. The summed E-state index contributed by atoms with van der Waals surface area (Å²) in [5.41, 5.74) is 0.392. The van der Waals surface area contributed by atoms with Gasteiger partial charge in [0.15, 0.2) is 23.3 Å². The number of hydrogen-bond acceptors (Lipinski definition) is 5. The Hall–Kier alpha value is -2.31. The maximum atomic E-state index is 14.1. The van der Waals surface area contributed by atoms with E-state index < -0.39 is 5.82 Å². The average molecular weight is 305 g/mol. The van der Waals surface area contributed by atoms with Crippen LogP contribution in [0.15, 0.2) is 24.7 Å². The molecule has 5 nitrogen and oxygen atoms in total. The third-order valence-corrected chi connectivity index (χ3v) is 3.76. The van der Waals surface area contributed by atoms with Gasteiger partial charge in [-0.1, -0.05) is 6.92 Å². The molecule has 1 fully saturated rings. The first-order valence-electron chi connectivity index (χ1n) is 7.30. The average Bonchev–Trinajstić information content (AvgIpc) is 2.98. The lowest BCUT2D eigenvalue weighted by molar-refractivity contribution is 0.592. The highest BCUT2D eigenvalue weighted by atomic mass is 19.1. The Morgan fingerprint density at radius 2 is 2.18 bits per heavy atom. The van der Waals surface area contributed by atoms with E-state index in [-0.39, 0.29) is 17.7 Å². The first-order chi connectivity index (χ1) is 10.7. The lowest BCUT2D eigenvalue weighted by Crippen LogP contribution is -2.28. The molecule has 1 N–H and O–H groups in total. The molecule has 22 heavy (non-hydrogen) atoms. The zero-order chi connectivity index (χ0) is 15.5. The fourth-order valence-corrected chi connectivity index (χ4v) is 2.63. The quantitative estimate of drug-likeness (QED) is 0.940. The van der Waals surface area contributed by atoms with Crippen LogP contribution in [0.25, 0.3) is 0 Å². The van der Waals surface area contributed by atoms with Crippen LogP contribution < -0.4 is 10.2 Å². The van der Waals surface area contributed by atoms with Crippen LogP contribution in [0.4, 0.5) is 20.4 Å². The number of anilines is 2. The number of halogens is 2. The van der Waals surface area contributed by atoms with Crippen molar-refractivity contribution in [2.24, 2.45) is 0 Å². The third-order valence-electron chi connectivity index (χ3n) is 3.76. The second kappa shape index (κ2) is 6.21. The zero-order valence-corrected chi connectivity index (χ0v) is 12.3. The van der Waals surface area contributed by atoms with Gasteiger partial charge in [-0.25, -0.2) is 23.7 Å². The molecule has 0 spiro atoms. The highest BCUT2D eigenvalue weighted by Crippen LogP contribution is 2.23. The largest absolute Gasteiger partial charge is 0.363 e. The number of nitrogens with one attached hydrogen (secondary N) is 1. The summed E-state index contributed by atoms with van der Waals surface area (Å²) in [5.74, 6) is -0.207. The van der Waals surface area contributed by atoms with Gasteiger partial charge in [-0.2, -0.15) is 0 Å².